The monoisotopic (exact) mass is 406 g/mol. The van der Waals surface area contributed by atoms with Gasteiger partial charge in [0.1, 0.15) is 0 Å². The predicted octanol–water partition coefficient (Wildman–Crippen LogP) is 8.06. The van der Waals surface area contributed by atoms with Gasteiger partial charge in [-0.25, -0.2) is 0 Å². The molecule has 0 bridgehead atoms. The molecule has 0 heterocycles. The standard InChI is InChI=1S/C30H30O/c1-5-29(31)28-19-23(24-15-9-6-12-20(24)2)18-27(25-16-10-7-13-21(25)3)30(28)26-17-11-8-14-22(26)4/h6-19,29,31H,5H2,1-4H3/t29-/m0/s1. The van der Waals surface area contributed by atoms with E-state index >= 15 is 0 Å². The Hall–Kier alpha value is -3.16. The van der Waals surface area contributed by atoms with Gasteiger partial charge in [0.25, 0.3) is 0 Å². The minimum Gasteiger partial charge on any atom is -0.388 e. The normalized spacial score (nSPS) is 12.0. The first kappa shape index (κ1) is 21.1. The van der Waals surface area contributed by atoms with Crippen molar-refractivity contribution in [3.05, 3.63) is 107 Å². The summed E-state index contributed by atoms with van der Waals surface area (Å²) in [6.45, 7) is 8.50. The van der Waals surface area contributed by atoms with E-state index in [0.29, 0.717) is 6.42 Å². The Morgan fingerprint density at radius 2 is 1.10 bits per heavy atom. The molecule has 1 nitrogen and oxygen atoms in total. The van der Waals surface area contributed by atoms with Gasteiger partial charge >= 0.3 is 0 Å². The highest BCUT2D eigenvalue weighted by atomic mass is 16.3. The first-order chi connectivity index (χ1) is 15.0. The summed E-state index contributed by atoms with van der Waals surface area (Å²) in [6, 6.07) is 30.0. The van der Waals surface area contributed by atoms with E-state index < -0.39 is 6.10 Å². The molecule has 0 aromatic heterocycles. The van der Waals surface area contributed by atoms with Crippen molar-refractivity contribution in [2.24, 2.45) is 0 Å². The molecule has 0 amide bonds. The van der Waals surface area contributed by atoms with Gasteiger partial charge in [0.2, 0.25) is 0 Å². The summed E-state index contributed by atoms with van der Waals surface area (Å²) < 4.78 is 0. The quantitative estimate of drug-likeness (QED) is 0.355. The molecule has 0 fully saturated rings. The molecule has 1 heteroatoms. The summed E-state index contributed by atoms with van der Waals surface area (Å²) >= 11 is 0. The maximum atomic E-state index is 11.1. The van der Waals surface area contributed by atoms with Crippen LogP contribution >= 0.6 is 0 Å². The lowest BCUT2D eigenvalue weighted by molar-refractivity contribution is 0.174. The zero-order valence-corrected chi connectivity index (χ0v) is 18.8. The van der Waals surface area contributed by atoms with Crippen molar-refractivity contribution in [2.75, 3.05) is 0 Å². The zero-order valence-electron chi connectivity index (χ0n) is 18.8. The Morgan fingerprint density at radius 1 is 0.613 bits per heavy atom. The summed E-state index contributed by atoms with van der Waals surface area (Å²) in [6.07, 6.45) is 0.143. The fourth-order valence-corrected chi connectivity index (χ4v) is 4.44. The van der Waals surface area contributed by atoms with Crippen molar-refractivity contribution in [1.82, 2.24) is 0 Å². The first-order valence-electron chi connectivity index (χ1n) is 11.0. The highest BCUT2D eigenvalue weighted by molar-refractivity contribution is 5.91. The van der Waals surface area contributed by atoms with Gasteiger partial charge in [-0.15, -0.1) is 0 Å². The number of rotatable bonds is 5. The molecule has 4 aromatic carbocycles. The molecule has 0 unspecified atom stereocenters. The van der Waals surface area contributed by atoms with E-state index in [9.17, 15) is 5.11 Å². The van der Waals surface area contributed by atoms with Gasteiger partial charge in [-0.2, -0.15) is 0 Å². The summed E-state index contributed by atoms with van der Waals surface area (Å²) in [4.78, 5) is 0. The van der Waals surface area contributed by atoms with Gasteiger partial charge < -0.3 is 5.11 Å². The highest BCUT2D eigenvalue weighted by Gasteiger charge is 2.21. The van der Waals surface area contributed by atoms with Gasteiger partial charge in [0, 0.05) is 0 Å². The SMILES string of the molecule is CC[C@H](O)c1cc(-c2ccccc2C)cc(-c2ccccc2C)c1-c1ccccc1C. The number of aliphatic hydroxyl groups excluding tert-OH is 1. The van der Waals surface area contributed by atoms with Crippen LogP contribution in [-0.4, -0.2) is 5.11 Å². The van der Waals surface area contributed by atoms with E-state index in [-0.39, 0.29) is 0 Å². The minimum atomic E-state index is -0.527. The third kappa shape index (κ3) is 4.06. The van der Waals surface area contributed by atoms with Crippen LogP contribution in [0.15, 0.2) is 84.9 Å². The molecule has 31 heavy (non-hydrogen) atoms. The second-order valence-electron chi connectivity index (χ2n) is 8.36. The van der Waals surface area contributed by atoms with Crippen molar-refractivity contribution >= 4 is 0 Å². The molecule has 4 aromatic rings. The number of benzene rings is 4. The Morgan fingerprint density at radius 3 is 1.61 bits per heavy atom. The van der Waals surface area contributed by atoms with Crippen molar-refractivity contribution in [1.29, 1.82) is 0 Å². The molecule has 1 N–H and O–H groups in total. The molecule has 1 atom stereocenters. The first-order valence-corrected chi connectivity index (χ1v) is 11.0. The van der Waals surface area contributed by atoms with E-state index in [1.165, 1.54) is 38.9 Å². The van der Waals surface area contributed by atoms with E-state index in [1.807, 2.05) is 6.92 Å². The van der Waals surface area contributed by atoms with Crippen LogP contribution in [0.5, 0.6) is 0 Å². The molecule has 0 spiro atoms. The van der Waals surface area contributed by atoms with Crippen molar-refractivity contribution in [2.45, 2.75) is 40.2 Å². The van der Waals surface area contributed by atoms with E-state index in [0.717, 1.165) is 16.7 Å². The van der Waals surface area contributed by atoms with Gasteiger partial charge in [-0.05, 0) is 95.0 Å². The summed E-state index contributed by atoms with van der Waals surface area (Å²) in [5.41, 5.74) is 11.7. The molecule has 156 valence electrons. The average Bonchev–Trinajstić information content (AvgIpc) is 2.79. The fourth-order valence-electron chi connectivity index (χ4n) is 4.44. The van der Waals surface area contributed by atoms with E-state index in [1.54, 1.807) is 0 Å². The zero-order chi connectivity index (χ0) is 22.0. The van der Waals surface area contributed by atoms with Gasteiger partial charge in [0.05, 0.1) is 6.10 Å². The molecule has 0 aliphatic carbocycles. The Bertz CT molecular complexity index is 1220. The van der Waals surface area contributed by atoms with Crippen molar-refractivity contribution in [3.8, 4) is 33.4 Å². The molecule has 4 rings (SSSR count). The van der Waals surface area contributed by atoms with Crippen LogP contribution in [0.2, 0.25) is 0 Å². The number of hydrogen-bond acceptors (Lipinski definition) is 1. The summed E-state index contributed by atoms with van der Waals surface area (Å²) in [5, 5.41) is 11.1. The Balaban J connectivity index is 2.13. The van der Waals surface area contributed by atoms with Crippen LogP contribution in [0.3, 0.4) is 0 Å². The number of aryl methyl sites for hydroxylation is 3. The van der Waals surface area contributed by atoms with Gasteiger partial charge in [0.15, 0.2) is 0 Å². The lowest BCUT2D eigenvalue weighted by Gasteiger charge is -2.23. The number of hydrogen-bond donors (Lipinski definition) is 1. The second kappa shape index (κ2) is 8.91. The van der Waals surface area contributed by atoms with Crippen molar-refractivity contribution < 1.29 is 5.11 Å². The molecular formula is C30H30O. The molecular weight excluding hydrogens is 376 g/mol. The topological polar surface area (TPSA) is 20.2 Å². The molecule has 0 saturated heterocycles. The largest absolute Gasteiger partial charge is 0.388 e. The van der Waals surface area contributed by atoms with Gasteiger partial charge in [-0.1, -0.05) is 79.7 Å². The van der Waals surface area contributed by atoms with E-state index in [4.69, 9.17) is 0 Å². The Labute approximate surface area is 186 Å². The second-order valence-corrected chi connectivity index (χ2v) is 8.36. The summed E-state index contributed by atoms with van der Waals surface area (Å²) in [7, 11) is 0. The maximum Gasteiger partial charge on any atom is 0.0793 e. The van der Waals surface area contributed by atoms with Crippen LogP contribution < -0.4 is 0 Å². The van der Waals surface area contributed by atoms with Crippen LogP contribution in [0, 0.1) is 20.8 Å². The van der Waals surface area contributed by atoms with E-state index in [2.05, 4.69) is 106 Å². The lowest BCUT2D eigenvalue weighted by Crippen LogP contribution is -2.03. The average molecular weight is 407 g/mol. The van der Waals surface area contributed by atoms with Crippen molar-refractivity contribution in [3.63, 3.8) is 0 Å². The van der Waals surface area contributed by atoms with Crippen LogP contribution in [0.25, 0.3) is 33.4 Å². The van der Waals surface area contributed by atoms with Crippen LogP contribution in [0.1, 0.15) is 41.7 Å². The minimum absolute atomic E-state index is 0.527. The predicted molar refractivity (Wildman–Crippen MR) is 132 cm³/mol. The lowest BCUT2D eigenvalue weighted by atomic mass is 9.82. The fraction of sp³-hybridized carbons (Fsp3) is 0.200. The van der Waals surface area contributed by atoms with Crippen LogP contribution in [0.4, 0.5) is 0 Å². The Kier molecular flexibility index (Phi) is 6.06. The smallest absolute Gasteiger partial charge is 0.0793 e. The molecule has 0 aliphatic heterocycles. The third-order valence-electron chi connectivity index (χ3n) is 6.22. The third-order valence-corrected chi connectivity index (χ3v) is 6.22. The number of aliphatic hydroxyl groups is 1. The molecule has 0 saturated carbocycles. The molecule has 0 radical (unpaired) electrons. The summed E-state index contributed by atoms with van der Waals surface area (Å²) in [5.74, 6) is 0. The van der Waals surface area contributed by atoms with Gasteiger partial charge in [-0.3, -0.25) is 0 Å². The molecule has 0 aliphatic rings. The highest BCUT2D eigenvalue weighted by Crippen LogP contribution is 2.43. The van der Waals surface area contributed by atoms with Crippen LogP contribution in [-0.2, 0) is 0 Å². The maximum absolute atomic E-state index is 11.1.